The number of hydrogen-bond donors (Lipinski definition) is 2. The van der Waals surface area contributed by atoms with E-state index in [2.05, 4.69) is 4.72 Å². The third-order valence-electron chi connectivity index (χ3n) is 3.21. The number of hydrogen-bond acceptors (Lipinski definition) is 3. The molecule has 0 atom stereocenters. The van der Waals surface area contributed by atoms with Crippen LogP contribution in [-0.4, -0.2) is 20.5 Å². The van der Waals surface area contributed by atoms with E-state index < -0.39 is 15.6 Å². The molecule has 3 N–H and O–H groups in total. The van der Waals surface area contributed by atoms with Crippen LogP contribution in [0.1, 0.15) is 26.7 Å². The lowest BCUT2D eigenvalue weighted by atomic mass is 9.95. The van der Waals surface area contributed by atoms with Gasteiger partial charge in [-0.3, -0.25) is 0 Å². The zero-order valence-corrected chi connectivity index (χ0v) is 14.5. The summed E-state index contributed by atoms with van der Waals surface area (Å²) in [7, 11) is -3.68. The zero-order valence-electron chi connectivity index (χ0n) is 11.3. The van der Waals surface area contributed by atoms with E-state index in [1.165, 1.54) is 18.2 Å². The van der Waals surface area contributed by atoms with Crippen LogP contribution in [0.3, 0.4) is 0 Å². The molecule has 0 aliphatic rings. The monoisotopic (exact) mass is 360 g/mol. The first-order valence-corrected chi connectivity index (χ1v) is 8.21. The lowest BCUT2D eigenvalue weighted by Gasteiger charge is -2.26. The van der Waals surface area contributed by atoms with Crippen LogP contribution in [0.5, 0.6) is 0 Å². The fraction of sp³-hybridized carbons (Fsp3) is 0.500. The summed E-state index contributed by atoms with van der Waals surface area (Å²) in [4.78, 5) is 0.00752. The first-order chi connectivity index (χ1) is 8.74. The minimum Gasteiger partial charge on any atom is -0.324 e. The van der Waals surface area contributed by atoms with Crippen LogP contribution in [0.15, 0.2) is 23.1 Å². The lowest BCUT2D eigenvalue weighted by molar-refractivity contribution is 0.392. The summed E-state index contributed by atoms with van der Waals surface area (Å²) in [6, 6.07) is 4.26. The Morgan fingerprint density at radius 1 is 1.25 bits per heavy atom. The fourth-order valence-corrected chi connectivity index (χ4v) is 3.42. The molecule has 0 aliphatic carbocycles. The number of halogens is 3. The Kier molecular flexibility index (Phi) is 7.81. The molecule has 0 fully saturated rings. The Labute approximate surface area is 136 Å². The Hall–Kier alpha value is -0.0400. The van der Waals surface area contributed by atoms with Crippen LogP contribution in [-0.2, 0) is 10.0 Å². The van der Waals surface area contributed by atoms with Crippen molar-refractivity contribution in [3.63, 3.8) is 0 Å². The molecule has 0 radical (unpaired) electrons. The highest BCUT2D eigenvalue weighted by molar-refractivity contribution is 7.89. The van der Waals surface area contributed by atoms with Gasteiger partial charge < -0.3 is 5.73 Å². The molecule has 0 aliphatic heterocycles. The summed E-state index contributed by atoms with van der Waals surface area (Å²) in [6.45, 7) is 4.02. The maximum atomic E-state index is 12.1. The van der Waals surface area contributed by atoms with Gasteiger partial charge in [-0.05, 0) is 31.0 Å². The van der Waals surface area contributed by atoms with E-state index in [1.807, 2.05) is 13.8 Å². The van der Waals surface area contributed by atoms with Crippen LogP contribution >= 0.6 is 35.6 Å². The SMILES string of the molecule is CCC(N)(CC)CNS(=O)(=O)c1ccc(Cl)cc1Cl.Cl. The Morgan fingerprint density at radius 2 is 1.80 bits per heavy atom. The predicted octanol–water partition coefficient (Wildman–Crippen LogP) is 3.21. The molecular weight excluding hydrogens is 343 g/mol. The van der Waals surface area contributed by atoms with Gasteiger partial charge in [0.2, 0.25) is 10.0 Å². The van der Waals surface area contributed by atoms with Gasteiger partial charge >= 0.3 is 0 Å². The van der Waals surface area contributed by atoms with Gasteiger partial charge in [0.25, 0.3) is 0 Å². The second-order valence-corrected chi connectivity index (χ2v) is 7.05. The van der Waals surface area contributed by atoms with Crippen molar-refractivity contribution in [3.8, 4) is 0 Å². The van der Waals surface area contributed by atoms with Crippen molar-refractivity contribution in [1.82, 2.24) is 4.72 Å². The van der Waals surface area contributed by atoms with Crippen LogP contribution < -0.4 is 10.5 Å². The molecule has 0 aromatic heterocycles. The Bertz CT molecular complexity index is 546. The third-order valence-corrected chi connectivity index (χ3v) is 5.33. The van der Waals surface area contributed by atoms with Crippen molar-refractivity contribution in [3.05, 3.63) is 28.2 Å². The standard InChI is InChI=1S/C12H18Cl2N2O2S.ClH/c1-3-12(15,4-2)8-16-19(17,18)11-6-5-9(13)7-10(11)14;/h5-7,16H,3-4,8,15H2,1-2H3;1H. The fourth-order valence-electron chi connectivity index (χ4n) is 1.51. The molecule has 0 amide bonds. The van der Waals surface area contributed by atoms with Gasteiger partial charge in [0.05, 0.1) is 5.02 Å². The largest absolute Gasteiger partial charge is 0.324 e. The first-order valence-electron chi connectivity index (χ1n) is 5.97. The zero-order chi connectivity index (χ0) is 14.7. The molecule has 0 saturated heterocycles. The highest BCUT2D eigenvalue weighted by atomic mass is 35.5. The molecule has 4 nitrogen and oxygen atoms in total. The maximum absolute atomic E-state index is 12.1. The summed E-state index contributed by atoms with van der Waals surface area (Å²) >= 11 is 11.6. The highest BCUT2D eigenvalue weighted by Gasteiger charge is 2.25. The first kappa shape index (κ1) is 20.0. The molecule has 1 aromatic rings. The molecule has 1 rings (SSSR count). The van der Waals surface area contributed by atoms with Crippen molar-refractivity contribution in [2.45, 2.75) is 37.1 Å². The molecule has 20 heavy (non-hydrogen) atoms. The molecule has 1 aromatic carbocycles. The van der Waals surface area contributed by atoms with E-state index in [9.17, 15) is 8.42 Å². The second kappa shape index (κ2) is 7.82. The van der Waals surface area contributed by atoms with Crippen molar-refractivity contribution >= 4 is 45.6 Å². The maximum Gasteiger partial charge on any atom is 0.242 e. The van der Waals surface area contributed by atoms with E-state index in [1.54, 1.807) is 0 Å². The number of nitrogens with two attached hydrogens (primary N) is 1. The molecule has 0 heterocycles. The van der Waals surface area contributed by atoms with Gasteiger partial charge in [-0.2, -0.15) is 0 Å². The van der Waals surface area contributed by atoms with Gasteiger partial charge in [0.15, 0.2) is 0 Å². The van der Waals surface area contributed by atoms with Crippen LogP contribution in [0, 0.1) is 0 Å². The normalized spacial score (nSPS) is 12.1. The minimum atomic E-state index is -3.68. The van der Waals surface area contributed by atoms with E-state index in [0.29, 0.717) is 17.9 Å². The molecule has 0 bridgehead atoms. The van der Waals surface area contributed by atoms with Crippen molar-refractivity contribution in [1.29, 1.82) is 0 Å². The summed E-state index contributed by atoms with van der Waals surface area (Å²) in [5, 5.41) is 0.481. The van der Waals surface area contributed by atoms with E-state index in [0.717, 1.165) is 0 Å². The second-order valence-electron chi connectivity index (χ2n) is 4.47. The number of benzene rings is 1. The summed E-state index contributed by atoms with van der Waals surface area (Å²) in [5.74, 6) is 0. The van der Waals surface area contributed by atoms with Crippen molar-refractivity contribution in [2.24, 2.45) is 5.73 Å². The smallest absolute Gasteiger partial charge is 0.242 e. The number of rotatable bonds is 6. The Balaban J connectivity index is 0.00000361. The molecule has 0 saturated carbocycles. The lowest BCUT2D eigenvalue weighted by Crippen LogP contribution is -2.49. The van der Waals surface area contributed by atoms with Gasteiger partial charge in [-0.15, -0.1) is 12.4 Å². The quantitative estimate of drug-likeness (QED) is 0.817. The molecular formula is C12H19Cl3N2O2S. The van der Waals surface area contributed by atoms with E-state index >= 15 is 0 Å². The molecule has 0 spiro atoms. The molecule has 0 unspecified atom stereocenters. The average Bonchev–Trinajstić information content (AvgIpc) is 2.35. The van der Waals surface area contributed by atoms with Gasteiger partial charge in [-0.1, -0.05) is 37.0 Å². The molecule has 8 heteroatoms. The van der Waals surface area contributed by atoms with Gasteiger partial charge in [-0.25, -0.2) is 13.1 Å². The summed E-state index contributed by atoms with van der Waals surface area (Å²) in [5.41, 5.74) is 5.51. The van der Waals surface area contributed by atoms with Crippen LogP contribution in [0.2, 0.25) is 10.0 Å². The van der Waals surface area contributed by atoms with Crippen molar-refractivity contribution in [2.75, 3.05) is 6.54 Å². The van der Waals surface area contributed by atoms with E-state index in [-0.39, 0.29) is 28.9 Å². The molecule has 116 valence electrons. The van der Waals surface area contributed by atoms with E-state index in [4.69, 9.17) is 28.9 Å². The summed E-state index contributed by atoms with van der Waals surface area (Å²) in [6.07, 6.45) is 1.36. The highest BCUT2D eigenvalue weighted by Crippen LogP contribution is 2.25. The van der Waals surface area contributed by atoms with Gasteiger partial charge in [0.1, 0.15) is 4.90 Å². The number of sulfonamides is 1. The Morgan fingerprint density at radius 3 is 2.25 bits per heavy atom. The van der Waals surface area contributed by atoms with Crippen LogP contribution in [0.4, 0.5) is 0 Å². The topological polar surface area (TPSA) is 72.2 Å². The van der Waals surface area contributed by atoms with Gasteiger partial charge in [0, 0.05) is 17.1 Å². The van der Waals surface area contributed by atoms with Crippen molar-refractivity contribution < 1.29 is 8.42 Å². The third kappa shape index (κ3) is 5.06. The summed E-state index contributed by atoms with van der Waals surface area (Å²) < 4.78 is 26.8. The average molecular weight is 362 g/mol. The minimum absolute atomic E-state index is 0. The number of nitrogens with one attached hydrogen (secondary N) is 1. The predicted molar refractivity (Wildman–Crippen MR) is 86.4 cm³/mol. The van der Waals surface area contributed by atoms with Crippen LogP contribution in [0.25, 0.3) is 0 Å².